The molecular formula is C19H30ClIN6. The molecule has 2 rings (SSSR count). The molecule has 0 fully saturated rings. The Balaban J connectivity index is 0.00000364. The van der Waals surface area contributed by atoms with Gasteiger partial charge >= 0.3 is 0 Å². The molecule has 1 aromatic heterocycles. The summed E-state index contributed by atoms with van der Waals surface area (Å²) in [5.41, 5.74) is 1.20. The van der Waals surface area contributed by atoms with Crippen LogP contribution in [0.4, 0.5) is 0 Å². The molecule has 0 aliphatic rings. The number of aliphatic imine (C=N–C) groups is 1. The summed E-state index contributed by atoms with van der Waals surface area (Å²) in [6, 6.07) is 7.93. The van der Waals surface area contributed by atoms with Gasteiger partial charge in [0.05, 0.1) is 0 Å². The number of hydrogen-bond acceptors (Lipinski definition) is 3. The van der Waals surface area contributed by atoms with Crippen LogP contribution in [0.25, 0.3) is 0 Å². The quantitative estimate of drug-likeness (QED) is 0.337. The predicted molar refractivity (Wildman–Crippen MR) is 123 cm³/mol. The third-order valence-electron chi connectivity index (χ3n) is 3.95. The van der Waals surface area contributed by atoms with Crippen LogP contribution in [0.3, 0.4) is 0 Å². The number of guanidine groups is 1. The Morgan fingerprint density at radius 2 is 2.00 bits per heavy atom. The number of nitrogens with one attached hydrogen (secondary N) is 1. The standard InChI is InChI=1S/C19H29ClN6.HI/c1-5-18-24-23-14-26(18)11-10-21-19(22-12-15(2)3)25(4)13-16-6-8-17(20)9-7-16;/h6-9,14-15H,5,10-13H2,1-4H3,(H,21,22);1H. The van der Waals surface area contributed by atoms with E-state index in [1.807, 2.05) is 24.3 Å². The van der Waals surface area contributed by atoms with E-state index in [2.05, 4.69) is 52.8 Å². The van der Waals surface area contributed by atoms with Gasteiger partial charge in [0.25, 0.3) is 0 Å². The fourth-order valence-electron chi connectivity index (χ4n) is 2.55. The Morgan fingerprint density at radius 1 is 1.30 bits per heavy atom. The summed E-state index contributed by atoms with van der Waals surface area (Å²) in [6.07, 6.45) is 2.66. The Bertz CT molecular complexity index is 698. The lowest BCUT2D eigenvalue weighted by Crippen LogP contribution is -2.40. The van der Waals surface area contributed by atoms with Crippen LogP contribution in [0.15, 0.2) is 35.6 Å². The van der Waals surface area contributed by atoms with Crippen molar-refractivity contribution in [1.82, 2.24) is 25.0 Å². The molecule has 6 nitrogen and oxygen atoms in total. The number of nitrogens with zero attached hydrogens (tertiary/aromatic N) is 5. The largest absolute Gasteiger partial charge is 0.354 e. The van der Waals surface area contributed by atoms with Crippen molar-refractivity contribution in [3.63, 3.8) is 0 Å². The lowest BCUT2D eigenvalue weighted by Gasteiger charge is -2.23. The lowest BCUT2D eigenvalue weighted by atomic mass is 10.2. The van der Waals surface area contributed by atoms with E-state index in [1.165, 1.54) is 5.56 Å². The fraction of sp³-hybridized carbons (Fsp3) is 0.526. The molecule has 150 valence electrons. The molecule has 0 aliphatic heterocycles. The minimum absolute atomic E-state index is 0. The first kappa shape index (κ1) is 23.7. The molecule has 0 unspecified atom stereocenters. The van der Waals surface area contributed by atoms with Gasteiger partial charge in [0.15, 0.2) is 5.96 Å². The molecule has 0 atom stereocenters. The van der Waals surface area contributed by atoms with Crippen molar-refractivity contribution in [2.75, 3.05) is 20.1 Å². The van der Waals surface area contributed by atoms with E-state index in [-0.39, 0.29) is 24.0 Å². The van der Waals surface area contributed by atoms with E-state index in [4.69, 9.17) is 16.6 Å². The topological polar surface area (TPSA) is 58.3 Å². The van der Waals surface area contributed by atoms with Crippen LogP contribution in [0.5, 0.6) is 0 Å². The maximum atomic E-state index is 5.98. The van der Waals surface area contributed by atoms with Crippen LogP contribution in [-0.2, 0) is 19.5 Å². The van der Waals surface area contributed by atoms with E-state index >= 15 is 0 Å². The van der Waals surface area contributed by atoms with Crippen LogP contribution in [0.1, 0.15) is 32.2 Å². The third-order valence-corrected chi connectivity index (χ3v) is 4.20. The van der Waals surface area contributed by atoms with Gasteiger partial charge in [-0.1, -0.05) is 44.5 Å². The highest BCUT2D eigenvalue weighted by Crippen LogP contribution is 2.11. The van der Waals surface area contributed by atoms with E-state index in [0.29, 0.717) is 5.92 Å². The highest BCUT2D eigenvalue weighted by Gasteiger charge is 2.09. The van der Waals surface area contributed by atoms with E-state index in [1.54, 1.807) is 6.33 Å². The predicted octanol–water partition coefficient (Wildman–Crippen LogP) is 3.85. The molecule has 2 aromatic rings. The van der Waals surface area contributed by atoms with Crippen molar-refractivity contribution >= 4 is 41.5 Å². The summed E-state index contributed by atoms with van der Waals surface area (Å²) in [5, 5.41) is 12.3. The number of aromatic nitrogens is 3. The molecule has 1 N–H and O–H groups in total. The maximum absolute atomic E-state index is 5.98. The van der Waals surface area contributed by atoms with E-state index in [0.717, 1.165) is 49.4 Å². The fourth-order valence-corrected chi connectivity index (χ4v) is 2.67. The second kappa shape index (κ2) is 12.2. The van der Waals surface area contributed by atoms with Gasteiger partial charge < -0.3 is 14.8 Å². The van der Waals surface area contributed by atoms with Gasteiger partial charge in [-0.3, -0.25) is 4.99 Å². The number of aryl methyl sites for hydroxylation is 1. The highest BCUT2D eigenvalue weighted by molar-refractivity contribution is 14.0. The van der Waals surface area contributed by atoms with Crippen LogP contribution in [-0.4, -0.2) is 45.8 Å². The second-order valence-corrected chi connectivity index (χ2v) is 7.20. The molecule has 1 heterocycles. The van der Waals surface area contributed by atoms with Gasteiger partial charge in [-0.2, -0.15) is 0 Å². The normalized spacial score (nSPS) is 11.4. The molecular weight excluding hydrogens is 475 g/mol. The molecule has 8 heteroatoms. The van der Waals surface area contributed by atoms with Crippen molar-refractivity contribution in [2.24, 2.45) is 10.9 Å². The summed E-state index contributed by atoms with van der Waals surface area (Å²) >= 11 is 5.98. The number of rotatable bonds is 8. The highest BCUT2D eigenvalue weighted by atomic mass is 127. The van der Waals surface area contributed by atoms with Gasteiger partial charge in [-0.25, -0.2) is 0 Å². The average molecular weight is 505 g/mol. The van der Waals surface area contributed by atoms with Crippen molar-refractivity contribution in [3.8, 4) is 0 Å². The van der Waals surface area contributed by atoms with Gasteiger partial charge in [0, 0.05) is 44.7 Å². The lowest BCUT2D eigenvalue weighted by molar-refractivity contribution is 0.467. The average Bonchev–Trinajstić information content (AvgIpc) is 3.07. The maximum Gasteiger partial charge on any atom is 0.194 e. The first-order chi connectivity index (χ1) is 12.5. The van der Waals surface area contributed by atoms with Crippen LogP contribution < -0.4 is 5.32 Å². The summed E-state index contributed by atoms with van der Waals surface area (Å²) in [7, 11) is 2.05. The molecule has 0 aliphatic carbocycles. The Hall–Kier alpha value is -1.35. The zero-order valence-corrected chi connectivity index (χ0v) is 19.6. The smallest absolute Gasteiger partial charge is 0.194 e. The van der Waals surface area contributed by atoms with Crippen molar-refractivity contribution in [3.05, 3.63) is 47.0 Å². The van der Waals surface area contributed by atoms with Gasteiger partial charge in [-0.05, 0) is 23.6 Å². The summed E-state index contributed by atoms with van der Waals surface area (Å²) in [4.78, 5) is 6.90. The first-order valence-corrected chi connectivity index (χ1v) is 9.48. The summed E-state index contributed by atoms with van der Waals surface area (Å²) < 4.78 is 2.08. The molecule has 0 bridgehead atoms. The van der Waals surface area contributed by atoms with Crippen molar-refractivity contribution < 1.29 is 0 Å². The van der Waals surface area contributed by atoms with Crippen molar-refractivity contribution in [2.45, 2.75) is 40.3 Å². The van der Waals surface area contributed by atoms with Crippen LogP contribution in [0, 0.1) is 5.92 Å². The Morgan fingerprint density at radius 3 is 2.63 bits per heavy atom. The summed E-state index contributed by atoms with van der Waals surface area (Å²) in [6.45, 7) is 9.58. The van der Waals surface area contributed by atoms with E-state index < -0.39 is 0 Å². The monoisotopic (exact) mass is 504 g/mol. The molecule has 0 radical (unpaired) electrons. The van der Waals surface area contributed by atoms with Gasteiger partial charge in [0.1, 0.15) is 12.2 Å². The minimum atomic E-state index is 0. The van der Waals surface area contributed by atoms with Gasteiger partial charge in [0.2, 0.25) is 0 Å². The first-order valence-electron chi connectivity index (χ1n) is 9.10. The molecule has 0 saturated heterocycles. The van der Waals surface area contributed by atoms with E-state index in [9.17, 15) is 0 Å². The van der Waals surface area contributed by atoms with Crippen LogP contribution in [0.2, 0.25) is 5.02 Å². The number of benzene rings is 1. The minimum Gasteiger partial charge on any atom is -0.354 e. The third kappa shape index (κ3) is 8.04. The summed E-state index contributed by atoms with van der Waals surface area (Å²) in [5.74, 6) is 2.42. The molecule has 0 spiro atoms. The Labute approximate surface area is 184 Å². The zero-order valence-electron chi connectivity index (χ0n) is 16.5. The van der Waals surface area contributed by atoms with Crippen LogP contribution >= 0.6 is 35.6 Å². The molecule has 27 heavy (non-hydrogen) atoms. The molecule has 0 amide bonds. The number of halogens is 2. The zero-order chi connectivity index (χ0) is 18.9. The SMILES string of the molecule is CCc1nncn1CCNC(=NCC(C)C)N(C)Cc1ccc(Cl)cc1.I. The Kier molecular flexibility index (Phi) is 10.7. The van der Waals surface area contributed by atoms with Crippen molar-refractivity contribution in [1.29, 1.82) is 0 Å². The molecule has 1 aromatic carbocycles. The second-order valence-electron chi connectivity index (χ2n) is 6.76. The molecule has 0 saturated carbocycles. The van der Waals surface area contributed by atoms with Gasteiger partial charge in [-0.15, -0.1) is 34.2 Å². The number of hydrogen-bond donors (Lipinski definition) is 1.